The van der Waals surface area contributed by atoms with Crippen molar-refractivity contribution in [2.45, 2.75) is 45.2 Å². The fourth-order valence-electron chi connectivity index (χ4n) is 3.79. The largest absolute Gasteiger partial charge is 0.239 e. The van der Waals surface area contributed by atoms with Crippen LogP contribution >= 0.6 is 0 Å². The Labute approximate surface area is 156 Å². The molecular weight excluding hydrogens is 342 g/mol. The number of sulfonamides is 1. The molecular formula is C22H25NO2S. The van der Waals surface area contributed by atoms with Crippen molar-refractivity contribution in [3.63, 3.8) is 0 Å². The molecule has 1 atom stereocenters. The Kier molecular flexibility index (Phi) is 4.72. The van der Waals surface area contributed by atoms with E-state index in [2.05, 4.69) is 13.0 Å². The molecule has 1 fully saturated rings. The van der Waals surface area contributed by atoms with E-state index in [9.17, 15) is 8.42 Å². The first kappa shape index (κ1) is 17.5. The number of benzene rings is 2. The molecule has 26 heavy (non-hydrogen) atoms. The van der Waals surface area contributed by atoms with Crippen molar-refractivity contribution in [2.24, 2.45) is 5.92 Å². The van der Waals surface area contributed by atoms with E-state index in [1.54, 1.807) is 4.31 Å². The van der Waals surface area contributed by atoms with Gasteiger partial charge in [-0.15, -0.1) is 0 Å². The van der Waals surface area contributed by atoms with Crippen LogP contribution in [0.25, 0.3) is 6.08 Å². The molecule has 2 aliphatic rings. The van der Waals surface area contributed by atoms with Gasteiger partial charge in [-0.05, 0) is 61.3 Å². The first-order chi connectivity index (χ1) is 12.6. The number of nitrogens with zero attached hydrogens (tertiary/aromatic N) is 1. The Morgan fingerprint density at radius 3 is 2.42 bits per heavy atom. The van der Waals surface area contributed by atoms with Crippen LogP contribution in [0.1, 0.15) is 42.9 Å². The Morgan fingerprint density at radius 1 is 1.00 bits per heavy atom. The topological polar surface area (TPSA) is 37.4 Å². The molecule has 1 saturated carbocycles. The Hall–Kier alpha value is -1.91. The van der Waals surface area contributed by atoms with Crippen molar-refractivity contribution in [2.75, 3.05) is 0 Å². The highest BCUT2D eigenvalue weighted by Crippen LogP contribution is 2.39. The number of rotatable bonds is 6. The highest BCUT2D eigenvalue weighted by molar-refractivity contribution is 7.93. The third-order valence-corrected chi connectivity index (χ3v) is 7.66. The van der Waals surface area contributed by atoms with Crippen LogP contribution in [0.3, 0.4) is 0 Å². The maximum absolute atomic E-state index is 13.5. The number of fused-ring (bicyclic) bond motifs is 1. The summed E-state index contributed by atoms with van der Waals surface area (Å²) < 4.78 is 28.8. The van der Waals surface area contributed by atoms with Gasteiger partial charge in [-0.2, -0.15) is 4.31 Å². The van der Waals surface area contributed by atoms with Crippen molar-refractivity contribution in [3.8, 4) is 0 Å². The van der Waals surface area contributed by atoms with Crippen molar-refractivity contribution in [3.05, 3.63) is 76.2 Å². The molecule has 0 N–H and O–H groups in total. The van der Waals surface area contributed by atoms with E-state index in [4.69, 9.17) is 0 Å². The Bertz CT molecular complexity index is 914. The SMILES string of the molecule is C[C@H](C1CC1)N(Cc1ccccc1)S(=O)(=O)C1=Cc2ccccc2CC1. The highest BCUT2D eigenvalue weighted by Gasteiger charge is 2.39. The van der Waals surface area contributed by atoms with Crippen LogP contribution < -0.4 is 0 Å². The van der Waals surface area contributed by atoms with E-state index in [1.165, 1.54) is 5.56 Å². The molecule has 0 spiro atoms. The summed E-state index contributed by atoms with van der Waals surface area (Å²) in [5.41, 5.74) is 3.31. The van der Waals surface area contributed by atoms with Crippen LogP contribution in [-0.4, -0.2) is 18.8 Å². The summed E-state index contributed by atoms with van der Waals surface area (Å²) in [6, 6.07) is 18.0. The third kappa shape index (κ3) is 3.49. The zero-order valence-corrected chi connectivity index (χ0v) is 16.0. The number of hydrogen-bond donors (Lipinski definition) is 0. The molecule has 4 heteroatoms. The van der Waals surface area contributed by atoms with Crippen LogP contribution in [-0.2, 0) is 23.0 Å². The maximum atomic E-state index is 13.5. The Balaban J connectivity index is 1.69. The molecule has 3 nitrogen and oxygen atoms in total. The molecule has 0 heterocycles. The predicted molar refractivity (Wildman–Crippen MR) is 106 cm³/mol. The van der Waals surface area contributed by atoms with Crippen LogP contribution in [0.5, 0.6) is 0 Å². The standard InChI is InChI=1S/C22H25NO2S/c1-17(19-11-12-19)23(16-18-7-3-2-4-8-18)26(24,25)22-14-13-20-9-5-6-10-21(20)15-22/h2-10,15,17,19H,11-14,16H2,1H3/t17-/m1/s1. The van der Waals surface area contributed by atoms with Gasteiger partial charge >= 0.3 is 0 Å². The van der Waals surface area contributed by atoms with E-state index < -0.39 is 10.0 Å². The fourth-order valence-corrected chi connectivity index (χ4v) is 5.65. The van der Waals surface area contributed by atoms with E-state index in [1.807, 2.05) is 54.6 Å². The lowest BCUT2D eigenvalue weighted by Gasteiger charge is -2.30. The molecule has 4 rings (SSSR count). The summed E-state index contributed by atoms with van der Waals surface area (Å²) in [6.45, 7) is 2.51. The first-order valence-electron chi connectivity index (χ1n) is 9.40. The van der Waals surface area contributed by atoms with Crippen molar-refractivity contribution in [1.29, 1.82) is 0 Å². The molecule has 0 aliphatic heterocycles. The summed E-state index contributed by atoms with van der Waals surface area (Å²) in [6.07, 6.45) is 5.51. The second kappa shape index (κ2) is 7.01. The quantitative estimate of drug-likeness (QED) is 0.748. The molecule has 2 aromatic carbocycles. The number of hydrogen-bond acceptors (Lipinski definition) is 2. The van der Waals surface area contributed by atoms with E-state index in [-0.39, 0.29) is 6.04 Å². The monoisotopic (exact) mass is 367 g/mol. The van der Waals surface area contributed by atoms with Crippen molar-refractivity contribution in [1.82, 2.24) is 4.31 Å². The summed E-state index contributed by atoms with van der Waals surface area (Å²) in [5, 5.41) is 0. The van der Waals surface area contributed by atoms with E-state index >= 15 is 0 Å². The van der Waals surface area contributed by atoms with Gasteiger partial charge in [0.05, 0.1) is 4.91 Å². The van der Waals surface area contributed by atoms with Crippen LogP contribution in [0.4, 0.5) is 0 Å². The van der Waals surface area contributed by atoms with Gasteiger partial charge in [-0.25, -0.2) is 8.42 Å². The van der Waals surface area contributed by atoms with Gasteiger partial charge in [-0.1, -0.05) is 54.6 Å². The minimum Gasteiger partial charge on any atom is -0.207 e. The molecule has 2 aliphatic carbocycles. The summed E-state index contributed by atoms with van der Waals surface area (Å²) in [7, 11) is -3.47. The van der Waals surface area contributed by atoms with Gasteiger partial charge in [0.15, 0.2) is 0 Å². The van der Waals surface area contributed by atoms with Gasteiger partial charge < -0.3 is 0 Å². The first-order valence-corrected chi connectivity index (χ1v) is 10.8. The van der Waals surface area contributed by atoms with Crippen LogP contribution in [0.15, 0.2) is 59.5 Å². The van der Waals surface area contributed by atoms with Gasteiger partial charge in [0.25, 0.3) is 0 Å². The van der Waals surface area contributed by atoms with Gasteiger partial charge in [0, 0.05) is 12.6 Å². The summed E-state index contributed by atoms with van der Waals surface area (Å²) in [4.78, 5) is 0.555. The van der Waals surface area contributed by atoms with Crippen molar-refractivity contribution < 1.29 is 8.42 Å². The number of aryl methyl sites for hydroxylation is 1. The zero-order chi connectivity index (χ0) is 18.1. The minimum absolute atomic E-state index is 0.0401. The second-order valence-corrected chi connectivity index (χ2v) is 9.37. The van der Waals surface area contributed by atoms with Gasteiger partial charge in [0.2, 0.25) is 10.0 Å². The maximum Gasteiger partial charge on any atom is 0.239 e. The second-order valence-electron chi connectivity index (χ2n) is 7.42. The number of allylic oxidation sites excluding steroid dienone is 1. The summed E-state index contributed by atoms with van der Waals surface area (Å²) >= 11 is 0. The molecule has 0 radical (unpaired) electrons. The molecule has 0 unspecified atom stereocenters. The van der Waals surface area contributed by atoms with Crippen molar-refractivity contribution >= 4 is 16.1 Å². The van der Waals surface area contributed by atoms with E-state index in [0.717, 1.165) is 30.4 Å². The molecule has 0 bridgehead atoms. The summed E-state index contributed by atoms with van der Waals surface area (Å²) in [5.74, 6) is 0.491. The average Bonchev–Trinajstić information content (AvgIpc) is 3.51. The fraction of sp³-hybridized carbons (Fsp3) is 0.364. The van der Waals surface area contributed by atoms with Gasteiger partial charge in [0.1, 0.15) is 0 Å². The molecule has 2 aromatic rings. The van der Waals surface area contributed by atoms with Gasteiger partial charge in [-0.3, -0.25) is 0 Å². The normalized spacial score (nSPS) is 18.3. The lowest BCUT2D eigenvalue weighted by Crippen LogP contribution is -2.40. The highest BCUT2D eigenvalue weighted by atomic mass is 32.2. The average molecular weight is 368 g/mol. The third-order valence-electron chi connectivity index (χ3n) is 5.59. The predicted octanol–water partition coefficient (Wildman–Crippen LogP) is 4.60. The molecule has 0 saturated heterocycles. The molecule has 0 aromatic heterocycles. The zero-order valence-electron chi connectivity index (χ0n) is 15.1. The molecule has 0 amide bonds. The lowest BCUT2D eigenvalue weighted by molar-refractivity contribution is 0.305. The van der Waals surface area contributed by atoms with E-state index in [0.29, 0.717) is 23.8 Å². The molecule has 136 valence electrons. The van der Waals surface area contributed by atoms with Crippen LogP contribution in [0.2, 0.25) is 0 Å². The van der Waals surface area contributed by atoms with Crippen LogP contribution in [0, 0.1) is 5.92 Å². The Morgan fingerprint density at radius 2 is 1.69 bits per heavy atom. The minimum atomic E-state index is -3.47. The smallest absolute Gasteiger partial charge is 0.207 e. The lowest BCUT2D eigenvalue weighted by atomic mass is 9.98.